The summed E-state index contributed by atoms with van der Waals surface area (Å²) in [7, 11) is 0. The van der Waals surface area contributed by atoms with Crippen LogP contribution in [-0.2, 0) is 16.1 Å². The number of aliphatic hydroxyl groups excluding tert-OH is 1. The van der Waals surface area contributed by atoms with Crippen LogP contribution >= 0.6 is 0 Å². The molecule has 1 N–H and O–H groups in total. The van der Waals surface area contributed by atoms with Crippen molar-refractivity contribution in [2.45, 2.75) is 84.0 Å². The number of Topliss-reactive ketones (excluding diaryl/α,β-unsaturated/α-hetero) is 1. The molecule has 3 heteroatoms. The van der Waals surface area contributed by atoms with Gasteiger partial charge in [0.15, 0.2) is 0 Å². The summed E-state index contributed by atoms with van der Waals surface area (Å²) in [5, 5.41) is 10.3. The zero-order chi connectivity index (χ0) is 20.2. The maximum Gasteiger partial charge on any atom is 0.139 e. The fourth-order valence-electron chi connectivity index (χ4n) is 8.03. The number of ketones is 1. The van der Waals surface area contributed by atoms with Crippen LogP contribution in [0.25, 0.3) is 0 Å². The Labute approximate surface area is 175 Å². The summed E-state index contributed by atoms with van der Waals surface area (Å²) in [6, 6.07) is 10.5. The Balaban J connectivity index is 1.47. The Morgan fingerprint density at radius 3 is 2.69 bits per heavy atom. The van der Waals surface area contributed by atoms with E-state index < -0.39 is 0 Å². The third-order valence-electron chi connectivity index (χ3n) is 9.56. The first-order valence-electron chi connectivity index (χ1n) is 11.8. The van der Waals surface area contributed by atoms with Gasteiger partial charge in [-0.25, -0.2) is 0 Å². The fraction of sp³-hybridized carbons (Fsp3) is 0.731. The molecule has 4 aliphatic rings. The van der Waals surface area contributed by atoms with E-state index in [0.29, 0.717) is 36.1 Å². The van der Waals surface area contributed by atoms with Gasteiger partial charge in [0.05, 0.1) is 18.8 Å². The highest BCUT2D eigenvalue weighted by molar-refractivity contribution is 5.87. The van der Waals surface area contributed by atoms with Gasteiger partial charge in [-0.2, -0.15) is 0 Å². The third kappa shape index (κ3) is 3.11. The summed E-state index contributed by atoms with van der Waals surface area (Å²) < 4.78 is 6.69. The van der Waals surface area contributed by atoms with Crippen molar-refractivity contribution in [2.75, 3.05) is 0 Å². The fourth-order valence-corrected chi connectivity index (χ4v) is 8.03. The average molecular weight is 397 g/mol. The van der Waals surface area contributed by atoms with Crippen molar-refractivity contribution in [3.05, 3.63) is 35.9 Å². The van der Waals surface area contributed by atoms with Gasteiger partial charge < -0.3 is 9.84 Å². The molecule has 4 saturated carbocycles. The number of fused-ring (bicyclic) bond motifs is 5. The summed E-state index contributed by atoms with van der Waals surface area (Å²) in [5.41, 5.74) is 1.25. The lowest BCUT2D eigenvalue weighted by Crippen LogP contribution is -2.59. The molecule has 158 valence electrons. The van der Waals surface area contributed by atoms with E-state index in [0.717, 1.165) is 38.5 Å². The van der Waals surface area contributed by atoms with Crippen LogP contribution in [0.15, 0.2) is 30.3 Å². The molecule has 8 atom stereocenters. The van der Waals surface area contributed by atoms with Gasteiger partial charge >= 0.3 is 0 Å². The third-order valence-corrected chi connectivity index (χ3v) is 9.56. The number of carbonyl (C=O) groups excluding carboxylic acids is 1. The Hall–Kier alpha value is -1.19. The minimum Gasteiger partial charge on any atom is -0.393 e. The molecule has 0 heterocycles. The van der Waals surface area contributed by atoms with Crippen molar-refractivity contribution in [1.82, 2.24) is 0 Å². The van der Waals surface area contributed by atoms with E-state index in [9.17, 15) is 9.90 Å². The van der Waals surface area contributed by atoms with Crippen LogP contribution < -0.4 is 0 Å². The van der Waals surface area contributed by atoms with E-state index in [2.05, 4.69) is 38.1 Å². The number of carbonyl (C=O) groups is 1. The normalized spacial score (nSPS) is 46.7. The lowest BCUT2D eigenvalue weighted by molar-refractivity contribution is -0.191. The molecular weight excluding hydrogens is 360 g/mol. The summed E-state index contributed by atoms with van der Waals surface area (Å²) >= 11 is 0. The van der Waals surface area contributed by atoms with Gasteiger partial charge in [-0.15, -0.1) is 0 Å². The molecule has 0 bridgehead atoms. The topological polar surface area (TPSA) is 46.5 Å². The largest absolute Gasteiger partial charge is 0.393 e. The second-order valence-electron chi connectivity index (χ2n) is 10.9. The van der Waals surface area contributed by atoms with Gasteiger partial charge in [-0.3, -0.25) is 4.79 Å². The molecule has 0 aliphatic heterocycles. The van der Waals surface area contributed by atoms with Gasteiger partial charge in [0.2, 0.25) is 0 Å². The molecule has 5 rings (SSSR count). The van der Waals surface area contributed by atoms with Crippen LogP contribution in [0.4, 0.5) is 0 Å². The summed E-state index contributed by atoms with van der Waals surface area (Å²) in [6.45, 7) is 5.35. The zero-order valence-corrected chi connectivity index (χ0v) is 18.0. The molecule has 0 saturated heterocycles. The molecule has 1 aromatic rings. The average Bonchev–Trinajstić information content (AvgIpc) is 3.02. The molecule has 0 amide bonds. The van der Waals surface area contributed by atoms with Crippen LogP contribution in [0.3, 0.4) is 0 Å². The predicted molar refractivity (Wildman–Crippen MR) is 113 cm³/mol. The standard InChI is InChI=1S/C26H36O3/c1-25-13-12-19(27)14-18(25)8-9-20-21-10-11-23(28)26(21,2)15-22(24(20)25)29-16-17-6-4-3-5-7-17/h3-7,18-22,24,27H,8-16H2,1-2H3/t18-,19+,20+,21+,22-,24-,25-,26-/m1/s1. The second-order valence-corrected chi connectivity index (χ2v) is 10.9. The number of hydrogen-bond acceptors (Lipinski definition) is 3. The number of hydrogen-bond donors (Lipinski definition) is 1. The van der Waals surface area contributed by atoms with Crippen LogP contribution in [0.5, 0.6) is 0 Å². The zero-order valence-electron chi connectivity index (χ0n) is 18.0. The lowest BCUT2D eigenvalue weighted by Gasteiger charge is -2.62. The molecule has 0 aromatic heterocycles. The highest BCUT2D eigenvalue weighted by Gasteiger charge is 2.63. The van der Waals surface area contributed by atoms with E-state index in [4.69, 9.17) is 4.74 Å². The lowest BCUT2D eigenvalue weighted by atomic mass is 9.44. The number of benzene rings is 1. The molecule has 1 aromatic carbocycles. The molecule has 0 spiro atoms. The van der Waals surface area contributed by atoms with Crippen molar-refractivity contribution >= 4 is 5.78 Å². The van der Waals surface area contributed by atoms with Crippen LogP contribution in [0.2, 0.25) is 0 Å². The minimum atomic E-state index is -0.195. The van der Waals surface area contributed by atoms with Crippen molar-refractivity contribution in [3.63, 3.8) is 0 Å². The molecule has 0 unspecified atom stereocenters. The first kappa shape index (κ1) is 19.8. The first-order chi connectivity index (χ1) is 13.9. The smallest absolute Gasteiger partial charge is 0.139 e. The minimum absolute atomic E-state index is 0.129. The monoisotopic (exact) mass is 396 g/mol. The first-order valence-corrected chi connectivity index (χ1v) is 11.8. The Morgan fingerprint density at radius 2 is 1.90 bits per heavy atom. The molecule has 4 fully saturated rings. The summed E-state index contributed by atoms with van der Waals surface area (Å²) in [5.74, 6) is 2.71. The van der Waals surface area contributed by atoms with E-state index in [1.807, 2.05) is 6.07 Å². The van der Waals surface area contributed by atoms with E-state index in [-0.39, 0.29) is 23.0 Å². The highest BCUT2D eigenvalue weighted by atomic mass is 16.5. The SMILES string of the molecule is C[C@@]12CC[C@H](O)C[C@H]1CC[C@@H]1[C@@H]2[C@H](OCc2ccccc2)C[C@@]2(C)C(=O)CC[C@@H]12. The van der Waals surface area contributed by atoms with Crippen molar-refractivity contribution in [1.29, 1.82) is 0 Å². The molecule has 0 radical (unpaired) electrons. The van der Waals surface area contributed by atoms with Crippen molar-refractivity contribution < 1.29 is 14.6 Å². The van der Waals surface area contributed by atoms with Gasteiger partial charge in [-0.05, 0) is 79.6 Å². The van der Waals surface area contributed by atoms with Gasteiger partial charge in [0, 0.05) is 11.8 Å². The Morgan fingerprint density at radius 1 is 1.10 bits per heavy atom. The Bertz CT molecular complexity index is 760. The van der Waals surface area contributed by atoms with Crippen LogP contribution in [-0.4, -0.2) is 23.1 Å². The molecular formula is C26H36O3. The number of aliphatic hydroxyl groups is 1. The van der Waals surface area contributed by atoms with Crippen LogP contribution in [0, 0.1) is 34.5 Å². The van der Waals surface area contributed by atoms with Crippen LogP contribution in [0.1, 0.15) is 70.8 Å². The quantitative estimate of drug-likeness (QED) is 0.768. The van der Waals surface area contributed by atoms with Crippen molar-refractivity contribution in [2.24, 2.45) is 34.5 Å². The maximum absolute atomic E-state index is 12.9. The molecule has 29 heavy (non-hydrogen) atoms. The van der Waals surface area contributed by atoms with Gasteiger partial charge in [0.1, 0.15) is 5.78 Å². The predicted octanol–water partition coefficient (Wildman–Crippen LogP) is 5.15. The van der Waals surface area contributed by atoms with Gasteiger partial charge in [-0.1, -0.05) is 44.2 Å². The number of ether oxygens (including phenoxy) is 1. The molecule has 4 aliphatic carbocycles. The second kappa shape index (κ2) is 7.20. The van der Waals surface area contributed by atoms with E-state index in [1.165, 1.54) is 18.4 Å². The van der Waals surface area contributed by atoms with Crippen molar-refractivity contribution in [3.8, 4) is 0 Å². The summed E-state index contributed by atoms with van der Waals surface area (Å²) in [4.78, 5) is 12.9. The number of rotatable bonds is 3. The molecule has 3 nitrogen and oxygen atoms in total. The summed E-state index contributed by atoms with van der Waals surface area (Å²) in [6.07, 6.45) is 8.12. The maximum atomic E-state index is 12.9. The van der Waals surface area contributed by atoms with E-state index >= 15 is 0 Å². The van der Waals surface area contributed by atoms with E-state index in [1.54, 1.807) is 0 Å². The highest BCUT2D eigenvalue weighted by Crippen LogP contribution is 2.66. The van der Waals surface area contributed by atoms with Gasteiger partial charge in [0.25, 0.3) is 0 Å². The Kier molecular flexibility index (Phi) is 4.90.